The average molecular weight is 443 g/mol. The van der Waals surface area contributed by atoms with Crippen molar-refractivity contribution in [3.63, 3.8) is 0 Å². The van der Waals surface area contributed by atoms with E-state index in [9.17, 15) is 0 Å². The van der Waals surface area contributed by atoms with Crippen LogP contribution in [0, 0.1) is 0 Å². The second kappa shape index (κ2) is 14.0. The van der Waals surface area contributed by atoms with Gasteiger partial charge in [-0.05, 0) is 65.8 Å². The topological polar surface area (TPSA) is 52.0 Å². The summed E-state index contributed by atoms with van der Waals surface area (Å²) in [4.78, 5) is 0. The highest BCUT2D eigenvalue weighted by Gasteiger charge is 2.37. The van der Waals surface area contributed by atoms with Crippen LogP contribution < -0.4 is 11.5 Å². The monoisotopic (exact) mass is 442 g/mol. The van der Waals surface area contributed by atoms with Gasteiger partial charge in [0, 0.05) is 16.8 Å². The van der Waals surface area contributed by atoms with Gasteiger partial charge in [0.05, 0.1) is 0 Å². The summed E-state index contributed by atoms with van der Waals surface area (Å²) in [6, 6.07) is 25.1. The number of nitrogen functional groups attached to an aromatic ring is 2. The minimum Gasteiger partial charge on any atom is -0.399 e. The zero-order valence-electron chi connectivity index (χ0n) is 21.3. The van der Waals surface area contributed by atoms with Gasteiger partial charge in [-0.2, -0.15) is 0 Å². The zero-order chi connectivity index (χ0) is 24.9. The van der Waals surface area contributed by atoms with E-state index in [4.69, 9.17) is 11.5 Å². The van der Waals surface area contributed by atoms with E-state index in [1.54, 1.807) is 0 Å². The van der Waals surface area contributed by atoms with Crippen molar-refractivity contribution in [1.29, 1.82) is 0 Å². The first-order valence-electron chi connectivity index (χ1n) is 12.1. The molecule has 3 aromatic rings. The van der Waals surface area contributed by atoms with Crippen LogP contribution in [0.5, 0.6) is 0 Å². The number of benzene rings is 3. The maximum atomic E-state index is 6.01. The molecule has 0 aliphatic carbocycles. The van der Waals surface area contributed by atoms with Gasteiger partial charge in [-0.25, -0.2) is 0 Å². The number of nitrogens with two attached hydrogens (primary N) is 2. The molecule has 1 atom stereocenters. The molecule has 176 valence electrons. The summed E-state index contributed by atoms with van der Waals surface area (Å²) in [5.41, 5.74) is 18.1. The standard InChI is InChI=1S/C27H30N2.2C2H6/c1-4-8-20(3)25-9-6-7-10-26(25)27(19-5-2,21-11-15-23(28)16-12-21)22-13-17-24(29)18-14-22;2*1-2/h4-18,20H,2,19,28-29H2,1,3H3;2*1-2H3/b8-4-;;. The molecule has 0 fully saturated rings. The molecule has 0 aliphatic rings. The Kier molecular flexibility index (Phi) is 11.8. The van der Waals surface area contributed by atoms with E-state index in [1.807, 2.05) is 58.0 Å². The summed E-state index contributed by atoms with van der Waals surface area (Å²) < 4.78 is 0. The van der Waals surface area contributed by atoms with E-state index in [2.05, 4.69) is 81.1 Å². The lowest BCUT2D eigenvalue weighted by Crippen LogP contribution is -2.30. The Balaban J connectivity index is 0.00000129. The summed E-state index contributed by atoms with van der Waals surface area (Å²) in [6.07, 6.45) is 7.12. The molecule has 0 radical (unpaired) electrons. The van der Waals surface area contributed by atoms with E-state index in [0.717, 1.165) is 17.8 Å². The highest BCUT2D eigenvalue weighted by atomic mass is 14.5. The van der Waals surface area contributed by atoms with Crippen LogP contribution in [-0.2, 0) is 5.41 Å². The molecular formula is C31H42N2. The fraction of sp³-hybridized carbons (Fsp3) is 0.290. The lowest BCUT2D eigenvalue weighted by atomic mass is 9.65. The van der Waals surface area contributed by atoms with Crippen LogP contribution in [-0.4, -0.2) is 0 Å². The van der Waals surface area contributed by atoms with E-state index in [-0.39, 0.29) is 5.41 Å². The molecule has 2 heteroatoms. The second-order valence-electron chi connectivity index (χ2n) is 7.54. The quantitative estimate of drug-likeness (QED) is 0.219. The summed E-state index contributed by atoms with van der Waals surface area (Å²) in [5, 5.41) is 0. The zero-order valence-corrected chi connectivity index (χ0v) is 21.3. The van der Waals surface area contributed by atoms with Crippen LogP contribution in [0.25, 0.3) is 0 Å². The summed E-state index contributed by atoms with van der Waals surface area (Å²) in [6.45, 7) is 16.4. The normalized spacial score (nSPS) is 11.6. The molecule has 0 aliphatic heterocycles. The highest BCUT2D eigenvalue weighted by molar-refractivity contribution is 5.58. The van der Waals surface area contributed by atoms with E-state index in [0.29, 0.717) is 5.92 Å². The van der Waals surface area contributed by atoms with Crippen molar-refractivity contribution in [2.45, 2.75) is 59.3 Å². The van der Waals surface area contributed by atoms with Crippen LogP contribution in [0.2, 0.25) is 0 Å². The SMILES string of the molecule is C=CCC(c1ccc(N)cc1)(c1ccc(N)cc1)c1ccccc1C(C)/C=C\C.CC.CC. The van der Waals surface area contributed by atoms with Crippen molar-refractivity contribution in [1.82, 2.24) is 0 Å². The van der Waals surface area contributed by atoms with Gasteiger partial charge in [0.2, 0.25) is 0 Å². The summed E-state index contributed by atoms with van der Waals surface area (Å²) in [5.74, 6) is 0.294. The Labute approximate surface area is 202 Å². The third-order valence-corrected chi connectivity index (χ3v) is 5.65. The molecule has 2 nitrogen and oxygen atoms in total. The van der Waals surface area contributed by atoms with Crippen LogP contribution >= 0.6 is 0 Å². The minimum atomic E-state index is -0.379. The van der Waals surface area contributed by atoms with Crippen molar-refractivity contribution in [3.05, 3.63) is 120 Å². The van der Waals surface area contributed by atoms with Crippen molar-refractivity contribution in [2.24, 2.45) is 0 Å². The molecule has 1 unspecified atom stereocenters. The molecule has 0 saturated carbocycles. The van der Waals surface area contributed by atoms with Gasteiger partial charge in [-0.15, -0.1) is 6.58 Å². The van der Waals surface area contributed by atoms with Gasteiger partial charge >= 0.3 is 0 Å². The third kappa shape index (κ3) is 6.38. The fourth-order valence-electron chi connectivity index (χ4n) is 4.25. The first-order chi connectivity index (χ1) is 16.0. The predicted octanol–water partition coefficient (Wildman–Crippen LogP) is 8.49. The van der Waals surface area contributed by atoms with Gasteiger partial charge < -0.3 is 11.5 Å². The molecule has 33 heavy (non-hydrogen) atoms. The molecular weight excluding hydrogens is 400 g/mol. The lowest BCUT2D eigenvalue weighted by Gasteiger charge is -2.37. The highest BCUT2D eigenvalue weighted by Crippen LogP contribution is 2.45. The van der Waals surface area contributed by atoms with E-state index in [1.165, 1.54) is 22.3 Å². The molecule has 0 amide bonds. The smallest absolute Gasteiger partial charge is 0.0488 e. The Morgan fingerprint density at radius 3 is 1.67 bits per heavy atom. The predicted molar refractivity (Wildman–Crippen MR) is 149 cm³/mol. The van der Waals surface area contributed by atoms with E-state index < -0.39 is 0 Å². The fourth-order valence-corrected chi connectivity index (χ4v) is 4.25. The van der Waals surface area contributed by atoms with Gasteiger partial charge in [-0.3, -0.25) is 0 Å². The Hall–Kier alpha value is -3.26. The molecule has 0 heterocycles. The molecule has 3 rings (SSSR count). The third-order valence-electron chi connectivity index (χ3n) is 5.65. The van der Waals surface area contributed by atoms with Gasteiger partial charge in [0.15, 0.2) is 0 Å². The number of rotatable bonds is 7. The number of anilines is 2. The second-order valence-corrected chi connectivity index (χ2v) is 7.54. The van der Waals surface area contributed by atoms with Gasteiger partial charge in [0.25, 0.3) is 0 Å². The maximum Gasteiger partial charge on any atom is 0.0488 e. The number of hydrogen-bond acceptors (Lipinski definition) is 2. The minimum absolute atomic E-state index is 0.294. The van der Waals surface area contributed by atoms with Crippen LogP contribution in [0.1, 0.15) is 76.1 Å². The maximum absolute atomic E-state index is 6.01. The average Bonchev–Trinajstić information content (AvgIpc) is 2.86. The molecule has 0 aromatic heterocycles. The molecule has 4 N–H and O–H groups in total. The van der Waals surface area contributed by atoms with Crippen molar-refractivity contribution >= 4 is 11.4 Å². The lowest BCUT2D eigenvalue weighted by molar-refractivity contribution is 0.617. The van der Waals surface area contributed by atoms with Crippen molar-refractivity contribution < 1.29 is 0 Å². The molecule has 3 aromatic carbocycles. The summed E-state index contributed by atoms with van der Waals surface area (Å²) >= 11 is 0. The van der Waals surface area contributed by atoms with Crippen molar-refractivity contribution in [2.75, 3.05) is 11.5 Å². The number of allylic oxidation sites excluding steroid dienone is 3. The van der Waals surface area contributed by atoms with Gasteiger partial charge in [0.1, 0.15) is 0 Å². The molecule has 0 bridgehead atoms. The van der Waals surface area contributed by atoms with Gasteiger partial charge in [-0.1, -0.05) is 101 Å². The Morgan fingerprint density at radius 2 is 1.24 bits per heavy atom. The van der Waals surface area contributed by atoms with Crippen LogP contribution in [0.15, 0.2) is 97.6 Å². The Morgan fingerprint density at radius 1 is 0.788 bits per heavy atom. The Bertz CT molecular complexity index is 937. The molecule has 0 saturated heterocycles. The van der Waals surface area contributed by atoms with Crippen molar-refractivity contribution in [3.8, 4) is 0 Å². The molecule has 0 spiro atoms. The number of hydrogen-bond donors (Lipinski definition) is 2. The largest absolute Gasteiger partial charge is 0.399 e. The van der Waals surface area contributed by atoms with Crippen LogP contribution in [0.3, 0.4) is 0 Å². The first-order valence-corrected chi connectivity index (χ1v) is 12.1. The van der Waals surface area contributed by atoms with Crippen LogP contribution in [0.4, 0.5) is 11.4 Å². The summed E-state index contributed by atoms with van der Waals surface area (Å²) in [7, 11) is 0. The van der Waals surface area contributed by atoms with E-state index >= 15 is 0 Å². The first kappa shape index (κ1) is 27.8.